The third-order valence-electron chi connectivity index (χ3n) is 6.75. The van der Waals surface area contributed by atoms with Crippen molar-refractivity contribution in [2.45, 2.75) is 30.6 Å². The maximum atomic E-state index is 13.0. The monoisotopic (exact) mass is 518 g/mol. The van der Waals surface area contributed by atoms with Crippen LogP contribution in [0, 0.1) is 11.8 Å². The molecule has 0 aliphatic heterocycles. The highest BCUT2D eigenvalue weighted by atomic mass is 32.2. The van der Waals surface area contributed by atoms with Gasteiger partial charge in [0.15, 0.2) is 5.78 Å². The van der Waals surface area contributed by atoms with Crippen molar-refractivity contribution in [3.05, 3.63) is 71.3 Å². The van der Waals surface area contributed by atoms with Crippen molar-refractivity contribution in [3.63, 3.8) is 0 Å². The molecule has 6 nitrogen and oxygen atoms in total. The molecule has 36 heavy (non-hydrogen) atoms. The van der Waals surface area contributed by atoms with Gasteiger partial charge >= 0.3 is 5.97 Å². The highest BCUT2D eigenvalue weighted by Crippen LogP contribution is 2.44. The maximum absolute atomic E-state index is 13.0. The van der Waals surface area contributed by atoms with E-state index in [4.69, 9.17) is 17.0 Å². The van der Waals surface area contributed by atoms with Gasteiger partial charge in [-0.1, -0.05) is 72.5 Å². The van der Waals surface area contributed by atoms with Crippen LogP contribution in [0.5, 0.6) is 11.5 Å². The minimum absolute atomic E-state index is 0.00856. The highest BCUT2D eigenvalue weighted by Gasteiger charge is 2.33. The highest BCUT2D eigenvalue weighted by molar-refractivity contribution is 8.24. The van der Waals surface area contributed by atoms with Gasteiger partial charge in [0.1, 0.15) is 23.5 Å². The Hall–Kier alpha value is -3.49. The average molecular weight is 519 g/mol. The van der Waals surface area contributed by atoms with E-state index in [0.717, 1.165) is 18.0 Å². The number of carbonyl (C=O) groups excluding carboxylic acids is 3. The zero-order chi connectivity index (χ0) is 25.4. The standard InChI is InChI=1S/C28H22O6S2/c29-14-15-9-11-16(12-10-15)27(33)34-21-13-22(24(30)18-6-2-1-5-17(18)21)36-28(35)23-25(31)19-7-3-4-8-20(19)26(23)32/h1-8,13-16,30-31H,9-12H2. The third kappa shape index (κ3) is 4.31. The number of ketones is 1. The summed E-state index contributed by atoms with van der Waals surface area (Å²) >= 11 is 6.47. The summed E-state index contributed by atoms with van der Waals surface area (Å²) in [4.78, 5) is 37.2. The van der Waals surface area contributed by atoms with E-state index in [1.807, 2.05) is 0 Å². The number of aldehydes is 1. The van der Waals surface area contributed by atoms with Crippen molar-refractivity contribution >= 4 is 62.7 Å². The number of carbonyl (C=O) groups is 3. The predicted octanol–water partition coefficient (Wildman–Crippen LogP) is 6.04. The fourth-order valence-electron chi connectivity index (χ4n) is 4.75. The van der Waals surface area contributed by atoms with Crippen molar-refractivity contribution in [2.75, 3.05) is 0 Å². The smallest absolute Gasteiger partial charge is 0.314 e. The molecule has 0 aromatic heterocycles. The van der Waals surface area contributed by atoms with E-state index in [2.05, 4.69) is 0 Å². The first-order chi connectivity index (χ1) is 17.4. The second-order valence-electron chi connectivity index (χ2n) is 8.92. The van der Waals surface area contributed by atoms with E-state index in [1.165, 1.54) is 6.07 Å². The first-order valence-electron chi connectivity index (χ1n) is 11.6. The maximum Gasteiger partial charge on any atom is 0.314 e. The molecule has 0 amide bonds. The van der Waals surface area contributed by atoms with Gasteiger partial charge in [-0.15, -0.1) is 0 Å². The Bertz CT molecular complexity index is 1450. The number of Topliss-reactive ketones (excluding diaryl/α,β-unsaturated/α-hetero) is 1. The number of aliphatic hydroxyl groups is 1. The van der Waals surface area contributed by atoms with Crippen molar-refractivity contribution < 1.29 is 29.3 Å². The van der Waals surface area contributed by atoms with Gasteiger partial charge in [-0.2, -0.15) is 0 Å². The molecule has 8 heteroatoms. The van der Waals surface area contributed by atoms with Crippen molar-refractivity contribution in [2.24, 2.45) is 11.8 Å². The molecular weight excluding hydrogens is 496 g/mol. The largest absolute Gasteiger partial charge is 0.506 e. The molecule has 5 rings (SSSR count). The van der Waals surface area contributed by atoms with E-state index in [9.17, 15) is 24.6 Å². The Morgan fingerprint density at radius 2 is 1.61 bits per heavy atom. The number of fused-ring (bicyclic) bond motifs is 2. The number of thiocarbonyl (C=S) groups is 1. The number of aromatic hydroxyl groups is 1. The van der Waals surface area contributed by atoms with Crippen LogP contribution in [0.15, 0.2) is 65.1 Å². The van der Waals surface area contributed by atoms with Gasteiger partial charge in [0.05, 0.1) is 20.6 Å². The topological polar surface area (TPSA) is 101 Å². The van der Waals surface area contributed by atoms with Crippen LogP contribution in [-0.2, 0) is 9.59 Å². The number of thioether (sulfide) groups is 1. The van der Waals surface area contributed by atoms with Crippen molar-refractivity contribution in [1.82, 2.24) is 0 Å². The molecule has 3 aromatic carbocycles. The Balaban J connectivity index is 1.45. The normalized spacial score (nSPS) is 19.3. The molecule has 0 heterocycles. The predicted molar refractivity (Wildman–Crippen MR) is 142 cm³/mol. The number of aliphatic hydroxyl groups excluding tert-OH is 1. The molecule has 0 unspecified atom stereocenters. The summed E-state index contributed by atoms with van der Waals surface area (Å²) in [5.74, 6) is -1.05. The van der Waals surface area contributed by atoms with Gasteiger partial charge in [-0.3, -0.25) is 9.59 Å². The van der Waals surface area contributed by atoms with Gasteiger partial charge in [0, 0.05) is 27.8 Å². The lowest BCUT2D eigenvalue weighted by molar-refractivity contribution is -0.140. The number of hydrogen-bond donors (Lipinski definition) is 2. The molecule has 2 N–H and O–H groups in total. The minimum Gasteiger partial charge on any atom is -0.506 e. The van der Waals surface area contributed by atoms with Gasteiger partial charge < -0.3 is 19.7 Å². The molecule has 0 saturated heterocycles. The van der Waals surface area contributed by atoms with Crippen LogP contribution >= 0.6 is 24.0 Å². The van der Waals surface area contributed by atoms with Gasteiger partial charge in [0.2, 0.25) is 0 Å². The zero-order valence-electron chi connectivity index (χ0n) is 19.1. The van der Waals surface area contributed by atoms with E-state index in [-0.39, 0.29) is 50.6 Å². The molecule has 3 aromatic rings. The van der Waals surface area contributed by atoms with Crippen LogP contribution in [-0.4, -0.2) is 32.4 Å². The van der Waals surface area contributed by atoms with Crippen molar-refractivity contribution in [1.29, 1.82) is 0 Å². The van der Waals surface area contributed by atoms with Crippen LogP contribution in [0.25, 0.3) is 16.5 Å². The fourth-order valence-corrected chi connectivity index (χ4v) is 6.07. The van der Waals surface area contributed by atoms with Crippen LogP contribution in [0.1, 0.15) is 41.6 Å². The summed E-state index contributed by atoms with van der Waals surface area (Å²) in [7, 11) is 0. The number of ether oxygens (including phenoxy) is 1. The second kappa shape index (κ2) is 9.87. The molecule has 1 fully saturated rings. The molecule has 2 aliphatic rings. The second-order valence-corrected chi connectivity index (χ2v) is 10.6. The van der Waals surface area contributed by atoms with E-state index in [1.54, 1.807) is 48.5 Å². The van der Waals surface area contributed by atoms with E-state index in [0.29, 0.717) is 52.5 Å². The lowest BCUT2D eigenvalue weighted by atomic mass is 9.83. The summed E-state index contributed by atoms with van der Waals surface area (Å²) < 4.78 is 5.91. The summed E-state index contributed by atoms with van der Waals surface area (Å²) in [6, 6.07) is 15.2. The van der Waals surface area contributed by atoms with Gasteiger partial charge in [-0.25, -0.2) is 0 Å². The third-order valence-corrected chi connectivity index (χ3v) is 8.12. The van der Waals surface area contributed by atoms with E-state index < -0.39 is 0 Å². The number of phenolic OH excluding ortho intramolecular Hbond substituents is 1. The van der Waals surface area contributed by atoms with Crippen LogP contribution in [0.2, 0.25) is 0 Å². The molecular formula is C28H22O6S2. The Morgan fingerprint density at radius 1 is 0.972 bits per heavy atom. The number of benzene rings is 3. The first kappa shape index (κ1) is 24.2. The van der Waals surface area contributed by atoms with Crippen LogP contribution < -0.4 is 4.74 Å². The molecule has 0 atom stereocenters. The Morgan fingerprint density at radius 3 is 2.28 bits per heavy atom. The molecule has 2 aliphatic carbocycles. The first-order valence-corrected chi connectivity index (χ1v) is 12.8. The summed E-state index contributed by atoms with van der Waals surface area (Å²) in [6.07, 6.45) is 3.43. The molecule has 0 bridgehead atoms. The minimum atomic E-state index is -0.379. The van der Waals surface area contributed by atoms with Crippen molar-refractivity contribution in [3.8, 4) is 11.5 Å². The fraction of sp³-hybridized carbons (Fsp3) is 0.214. The molecule has 0 radical (unpaired) electrons. The number of esters is 1. The van der Waals surface area contributed by atoms with Crippen LogP contribution in [0.4, 0.5) is 0 Å². The SMILES string of the molecule is O=CC1CCC(C(=O)Oc2cc(SC(=S)C3=C(O)c4ccccc4C3=O)c(O)c3ccccc23)CC1. The molecule has 1 saturated carbocycles. The zero-order valence-corrected chi connectivity index (χ0v) is 20.7. The number of hydrogen-bond acceptors (Lipinski definition) is 8. The van der Waals surface area contributed by atoms with Gasteiger partial charge in [0.25, 0.3) is 0 Å². The summed E-state index contributed by atoms with van der Waals surface area (Å²) in [5.41, 5.74) is 0.797. The molecule has 0 spiro atoms. The number of rotatable bonds is 5. The summed E-state index contributed by atoms with van der Waals surface area (Å²) in [5, 5.41) is 22.7. The summed E-state index contributed by atoms with van der Waals surface area (Å²) in [6.45, 7) is 0. The Labute approximate surface area is 217 Å². The average Bonchev–Trinajstić information content (AvgIpc) is 3.16. The lowest BCUT2D eigenvalue weighted by Crippen LogP contribution is -2.26. The quantitative estimate of drug-likeness (QED) is 0.139. The Kier molecular flexibility index (Phi) is 6.64. The number of phenols is 1. The van der Waals surface area contributed by atoms with E-state index >= 15 is 0 Å². The van der Waals surface area contributed by atoms with Gasteiger partial charge in [-0.05, 0) is 31.7 Å². The lowest BCUT2D eigenvalue weighted by Gasteiger charge is -2.24. The van der Waals surface area contributed by atoms with Crippen LogP contribution in [0.3, 0.4) is 0 Å². The molecule has 182 valence electrons.